The minimum atomic E-state index is -0.177. The molecule has 0 aromatic heterocycles. The maximum absolute atomic E-state index is 10.9. The highest BCUT2D eigenvalue weighted by Gasteiger charge is 2.13. The van der Waals surface area contributed by atoms with Crippen LogP contribution in [-0.2, 0) is 9.53 Å². The van der Waals surface area contributed by atoms with Gasteiger partial charge in [-0.25, -0.2) is 0 Å². The molecule has 2 atom stereocenters. The minimum Gasteiger partial charge on any atom is -0.463 e. The number of allylic oxidation sites excluding steroid dienone is 2. The Morgan fingerprint density at radius 2 is 1.67 bits per heavy atom. The van der Waals surface area contributed by atoms with Gasteiger partial charge in [0.25, 0.3) is 0 Å². The monoisotopic (exact) mass is 296 g/mol. The SMILES string of the molecule is CCCCCCCC/C(C)=C/CCC(C)C(C)OC(C)=O. The van der Waals surface area contributed by atoms with Crippen molar-refractivity contribution in [1.29, 1.82) is 0 Å². The van der Waals surface area contributed by atoms with Gasteiger partial charge < -0.3 is 4.74 Å². The molecule has 0 radical (unpaired) electrons. The molecule has 0 spiro atoms. The van der Waals surface area contributed by atoms with E-state index in [1.807, 2.05) is 6.92 Å². The topological polar surface area (TPSA) is 26.3 Å². The number of ether oxygens (including phenoxy) is 1. The van der Waals surface area contributed by atoms with Gasteiger partial charge in [-0.3, -0.25) is 4.79 Å². The van der Waals surface area contributed by atoms with Crippen LogP contribution in [0.15, 0.2) is 11.6 Å². The Bertz CT molecular complexity index is 294. The Morgan fingerprint density at radius 3 is 2.29 bits per heavy atom. The van der Waals surface area contributed by atoms with E-state index in [2.05, 4.69) is 26.8 Å². The molecule has 124 valence electrons. The first-order valence-corrected chi connectivity index (χ1v) is 8.80. The number of rotatable bonds is 12. The Labute approximate surface area is 132 Å². The molecule has 0 bridgehead atoms. The van der Waals surface area contributed by atoms with Gasteiger partial charge in [0.05, 0.1) is 0 Å². The minimum absolute atomic E-state index is 0.0229. The fourth-order valence-corrected chi connectivity index (χ4v) is 2.49. The maximum atomic E-state index is 10.9. The van der Waals surface area contributed by atoms with E-state index in [9.17, 15) is 4.79 Å². The molecular weight excluding hydrogens is 260 g/mol. The molecule has 0 aliphatic heterocycles. The normalized spacial score (nSPS) is 14.8. The van der Waals surface area contributed by atoms with E-state index in [-0.39, 0.29) is 12.1 Å². The van der Waals surface area contributed by atoms with Crippen LogP contribution in [0.1, 0.15) is 92.4 Å². The van der Waals surface area contributed by atoms with Crippen molar-refractivity contribution in [2.24, 2.45) is 5.92 Å². The first kappa shape index (κ1) is 20.2. The highest BCUT2D eigenvalue weighted by Crippen LogP contribution is 2.17. The van der Waals surface area contributed by atoms with Crippen LogP contribution >= 0.6 is 0 Å². The average molecular weight is 296 g/mol. The van der Waals surface area contributed by atoms with Crippen molar-refractivity contribution in [1.82, 2.24) is 0 Å². The van der Waals surface area contributed by atoms with Gasteiger partial charge in [0.2, 0.25) is 0 Å². The highest BCUT2D eigenvalue weighted by molar-refractivity contribution is 5.66. The molecule has 0 fully saturated rings. The fraction of sp³-hybridized carbons (Fsp3) is 0.842. The second-order valence-corrected chi connectivity index (χ2v) is 6.44. The average Bonchev–Trinajstić information content (AvgIpc) is 2.41. The summed E-state index contributed by atoms with van der Waals surface area (Å²) in [6.45, 7) is 10.1. The predicted molar refractivity (Wildman–Crippen MR) is 91.4 cm³/mol. The Hall–Kier alpha value is -0.790. The zero-order chi connectivity index (χ0) is 16.1. The number of hydrogen-bond donors (Lipinski definition) is 0. The summed E-state index contributed by atoms with van der Waals surface area (Å²) in [5, 5.41) is 0. The summed E-state index contributed by atoms with van der Waals surface area (Å²) in [4.78, 5) is 10.9. The van der Waals surface area contributed by atoms with Crippen LogP contribution in [0.3, 0.4) is 0 Å². The van der Waals surface area contributed by atoms with Gasteiger partial charge in [-0.05, 0) is 45.4 Å². The number of esters is 1. The first-order valence-electron chi connectivity index (χ1n) is 8.80. The third kappa shape index (κ3) is 12.6. The first-order chi connectivity index (χ1) is 9.97. The van der Waals surface area contributed by atoms with Crippen LogP contribution in [0.2, 0.25) is 0 Å². The maximum Gasteiger partial charge on any atom is 0.302 e. The molecule has 0 aliphatic carbocycles. The lowest BCUT2D eigenvalue weighted by Crippen LogP contribution is -2.20. The molecule has 2 unspecified atom stereocenters. The van der Waals surface area contributed by atoms with Crippen molar-refractivity contribution in [3.63, 3.8) is 0 Å². The zero-order valence-corrected chi connectivity index (χ0v) is 14.9. The number of carbonyl (C=O) groups is 1. The molecule has 0 aliphatic rings. The van der Waals surface area contributed by atoms with Gasteiger partial charge in [0, 0.05) is 6.92 Å². The standard InChI is InChI=1S/C19H36O2/c1-6-7-8-9-10-11-13-16(2)14-12-15-17(3)18(4)21-19(5)20/h14,17-18H,6-13,15H2,1-5H3/b16-14+. The van der Waals surface area contributed by atoms with Crippen molar-refractivity contribution in [3.8, 4) is 0 Å². The molecule has 0 amide bonds. The van der Waals surface area contributed by atoms with Crippen LogP contribution < -0.4 is 0 Å². The Balaban J connectivity index is 3.69. The van der Waals surface area contributed by atoms with E-state index in [0.717, 1.165) is 12.8 Å². The summed E-state index contributed by atoms with van der Waals surface area (Å²) in [7, 11) is 0. The number of hydrogen-bond acceptors (Lipinski definition) is 2. The van der Waals surface area contributed by atoms with Crippen LogP contribution in [0.5, 0.6) is 0 Å². The summed E-state index contributed by atoms with van der Waals surface area (Å²) in [6.07, 6.45) is 14.0. The predicted octanol–water partition coefficient (Wildman–Crippen LogP) is 6.05. The second-order valence-electron chi connectivity index (χ2n) is 6.44. The summed E-state index contributed by atoms with van der Waals surface area (Å²) in [6, 6.07) is 0. The van der Waals surface area contributed by atoms with Gasteiger partial charge >= 0.3 is 5.97 Å². The molecule has 0 rings (SSSR count). The van der Waals surface area contributed by atoms with E-state index >= 15 is 0 Å². The number of unbranched alkanes of at least 4 members (excludes halogenated alkanes) is 5. The van der Waals surface area contributed by atoms with Crippen LogP contribution in [0, 0.1) is 5.92 Å². The van der Waals surface area contributed by atoms with E-state index in [1.54, 1.807) is 0 Å². The zero-order valence-electron chi connectivity index (χ0n) is 14.9. The lowest BCUT2D eigenvalue weighted by Gasteiger charge is -2.19. The summed E-state index contributed by atoms with van der Waals surface area (Å²) < 4.78 is 5.22. The Kier molecular flexibility index (Phi) is 12.4. The van der Waals surface area contributed by atoms with Crippen molar-refractivity contribution in [2.75, 3.05) is 0 Å². The van der Waals surface area contributed by atoms with Crippen LogP contribution in [0.25, 0.3) is 0 Å². The van der Waals surface area contributed by atoms with Crippen molar-refractivity contribution in [3.05, 3.63) is 11.6 Å². The smallest absolute Gasteiger partial charge is 0.302 e. The second kappa shape index (κ2) is 12.9. The molecule has 0 aromatic rings. The Morgan fingerprint density at radius 1 is 1.05 bits per heavy atom. The van der Waals surface area contributed by atoms with Crippen molar-refractivity contribution >= 4 is 5.97 Å². The van der Waals surface area contributed by atoms with Gasteiger partial charge in [0.1, 0.15) is 6.10 Å². The van der Waals surface area contributed by atoms with E-state index in [4.69, 9.17) is 4.74 Å². The van der Waals surface area contributed by atoms with E-state index in [1.165, 1.54) is 57.4 Å². The summed E-state index contributed by atoms with van der Waals surface area (Å²) in [5.41, 5.74) is 1.51. The van der Waals surface area contributed by atoms with Crippen molar-refractivity contribution < 1.29 is 9.53 Å². The molecule has 2 nitrogen and oxygen atoms in total. The summed E-state index contributed by atoms with van der Waals surface area (Å²) in [5.74, 6) is 0.246. The molecular formula is C19H36O2. The quantitative estimate of drug-likeness (QED) is 0.249. The number of carbonyl (C=O) groups excluding carboxylic acids is 1. The molecule has 0 N–H and O–H groups in total. The largest absolute Gasteiger partial charge is 0.463 e. The lowest BCUT2D eigenvalue weighted by atomic mass is 9.98. The van der Waals surface area contributed by atoms with Gasteiger partial charge in [-0.15, -0.1) is 0 Å². The molecule has 0 heterocycles. The van der Waals surface area contributed by atoms with Crippen LogP contribution in [-0.4, -0.2) is 12.1 Å². The van der Waals surface area contributed by atoms with Gasteiger partial charge in [-0.2, -0.15) is 0 Å². The third-order valence-corrected chi connectivity index (χ3v) is 4.19. The molecule has 0 aromatic carbocycles. The highest BCUT2D eigenvalue weighted by atomic mass is 16.5. The molecule has 21 heavy (non-hydrogen) atoms. The lowest BCUT2D eigenvalue weighted by molar-refractivity contribution is -0.147. The van der Waals surface area contributed by atoms with E-state index < -0.39 is 0 Å². The van der Waals surface area contributed by atoms with Crippen LogP contribution in [0.4, 0.5) is 0 Å². The van der Waals surface area contributed by atoms with Gasteiger partial charge in [-0.1, -0.05) is 57.6 Å². The van der Waals surface area contributed by atoms with Crippen molar-refractivity contribution in [2.45, 2.75) is 98.5 Å². The molecule has 0 saturated carbocycles. The third-order valence-electron chi connectivity index (χ3n) is 4.19. The molecule has 0 saturated heterocycles. The fourth-order valence-electron chi connectivity index (χ4n) is 2.49. The summed E-state index contributed by atoms with van der Waals surface area (Å²) >= 11 is 0. The van der Waals surface area contributed by atoms with E-state index in [0.29, 0.717) is 5.92 Å². The molecule has 2 heteroatoms. The van der Waals surface area contributed by atoms with Gasteiger partial charge in [0.15, 0.2) is 0 Å².